The van der Waals surface area contributed by atoms with E-state index in [1.807, 2.05) is 0 Å². The van der Waals surface area contributed by atoms with E-state index in [9.17, 15) is 29.1 Å². The fraction of sp³-hybridized carbons (Fsp3) is 0.250. The number of rotatable bonds is 9. The highest BCUT2D eigenvalue weighted by molar-refractivity contribution is 7.47. The summed E-state index contributed by atoms with van der Waals surface area (Å²) in [6.45, 7) is -0.999. The average Bonchev–Trinajstić information content (AvgIpc) is 2.59. The molecule has 0 heterocycles. The Bertz CT molecular complexity index is 744. The molecule has 6 N–H and O–H groups in total. The fourth-order valence-electron chi connectivity index (χ4n) is 1.20. The summed E-state index contributed by atoms with van der Waals surface area (Å²) in [7, 11) is -4.56. The molecule has 0 aliphatic heterocycles. The Labute approximate surface area is 154 Å². The number of nitro groups is 1. The Kier molecular flexibility index (Phi) is 9.70. The number of hydrogen-bond donors (Lipinski definition) is 6. The quantitative estimate of drug-likeness (QED) is 0.158. The van der Waals surface area contributed by atoms with Gasteiger partial charge in [-0.1, -0.05) is 0 Å². The van der Waals surface area contributed by atoms with E-state index < -0.39 is 49.5 Å². The Hall–Kier alpha value is -3.10. The van der Waals surface area contributed by atoms with Gasteiger partial charge in [-0.25, -0.2) is 18.9 Å². The van der Waals surface area contributed by atoms with Crippen molar-refractivity contribution in [3.63, 3.8) is 0 Å². The number of non-ortho nitro benzene ring substituents is 1. The smallest absolute Gasteiger partial charge is 0.480 e. The summed E-state index contributed by atoms with van der Waals surface area (Å²) in [4.78, 5) is 48.5. The first kappa shape index (κ1) is 24.9. The number of phosphoric acid groups is 1. The summed E-state index contributed by atoms with van der Waals surface area (Å²) < 4.78 is 19.8. The van der Waals surface area contributed by atoms with Crippen molar-refractivity contribution < 1.29 is 63.3 Å². The van der Waals surface area contributed by atoms with Crippen molar-refractivity contribution in [1.82, 2.24) is 0 Å². The predicted molar refractivity (Wildman–Crippen MR) is 84.4 cm³/mol. The van der Waals surface area contributed by atoms with Crippen LogP contribution in [-0.2, 0) is 23.5 Å². The maximum atomic E-state index is 11.2. The van der Waals surface area contributed by atoms with Crippen LogP contribution in [0.4, 0.5) is 5.69 Å². The normalized spacial score (nSPS) is 14.4. The summed E-state index contributed by atoms with van der Waals surface area (Å²) in [5.74, 6) is -5.13. The second-order valence-electron chi connectivity index (χ2n) is 4.54. The molecule has 0 amide bonds. The van der Waals surface area contributed by atoms with Crippen molar-refractivity contribution >= 4 is 31.4 Å². The lowest BCUT2D eigenvalue weighted by Gasteiger charge is -2.11. The zero-order chi connectivity index (χ0) is 22.1. The SMILES string of the molecule is O=C(O)C(O)C(O)C(=O)O.O=C(O)COP(=O)(O)Oc1ccc([N+](=O)[O-])cc1. The number of carbonyl (C=O) groups is 3. The van der Waals surface area contributed by atoms with E-state index in [0.717, 1.165) is 24.3 Å². The van der Waals surface area contributed by atoms with Gasteiger partial charge in [0.2, 0.25) is 0 Å². The zero-order valence-electron chi connectivity index (χ0n) is 13.5. The summed E-state index contributed by atoms with van der Waals surface area (Å²) in [6, 6.07) is 4.30. The Morgan fingerprint density at radius 2 is 1.46 bits per heavy atom. The van der Waals surface area contributed by atoms with Crippen LogP contribution in [-0.4, -0.2) is 72.1 Å². The van der Waals surface area contributed by atoms with Crippen LogP contribution in [0.1, 0.15) is 0 Å². The zero-order valence-corrected chi connectivity index (χ0v) is 14.4. The molecule has 0 bridgehead atoms. The van der Waals surface area contributed by atoms with Crippen LogP contribution in [0.2, 0.25) is 0 Å². The third-order valence-electron chi connectivity index (χ3n) is 2.42. The van der Waals surface area contributed by atoms with Gasteiger partial charge in [0.05, 0.1) is 4.92 Å². The highest BCUT2D eigenvalue weighted by atomic mass is 31.2. The van der Waals surface area contributed by atoms with Crippen LogP contribution in [0, 0.1) is 10.1 Å². The third kappa shape index (κ3) is 9.56. The molecule has 28 heavy (non-hydrogen) atoms. The predicted octanol–water partition coefficient (Wildman–Crippen LogP) is -0.947. The van der Waals surface area contributed by atoms with E-state index in [4.69, 9.17) is 30.4 Å². The second-order valence-corrected chi connectivity index (χ2v) is 5.92. The summed E-state index contributed by atoms with van der Waals surface area (Å²) in [5, 5.41) is 51.1. The van der Waals surface area contributed by atoms with Crippen molar-refractivity contribution in [3.05, 3.63) is 34.4 Å². The Balaban J connectivity index is 0.000000621. The van der Waals surface area contributed by atoms with E-state index in [2.05, 4.69) is 9.05 Å². The third-order valence-corrected chi connectivity index (χ3v) is 3.32. The summed E-state index contributed by atoms with van der Waals surface area (Å²) in [6.07, 6.45) is -4.53. The molecule has 1 aromatic carbocycles. The number of aliphatic carboxylic acids is 3. The van der Waals surface area contributed by atoms with Crippen molar-refractivity contribution in [1.29, 1.82) is 0 Å². The molecule has 0 aliphatic rings. The average molecular weight is 427 g/mol. The number of aliphatic hydroxyl groups excluding tert-OH is 2. The number of phosphoric ester groups is 1. The minimum atomic E-state index is -4.56. The lowest BCUT2D eigenvalue weighted by molar-refractivity contribution is -0.384. The minimum Gasteiger partial charge on any atom is -0.480 e. The molecule has 0 aliphatic carbocycles. The number of benzene rings is 1. The topological polar surface area (TPSA) is 251 Å². The Morgan fingerprint density at radius 1 is 1.04 bits per heavy atom. The first-order chi connectivity index (χ1) is 12.8. The first-order valence-corrected chi connectivity index (χ1v) is 8.21. The number of nitrogens with zero attached hydrogens (tertiary/aromatic N) is 1. The Morgan fingerprint density at radius 3 is 1.79 bits per heavy atom. The van der Waals surface area contributed by atoms with Crippen LogP contribution in [0.3, 0.4) is 0 Å². The van der Waals surface area contributed by atoms with Gasteiger partial charge in [-0.3, -0.25) is 19.5 Å². The number of aliphatic hydroxyl groups is 2. The van der Waals surface area contributed by atoms with Crippen LogP contribution in [0.5, 0.6) is 5.75 Å². The minimum absolute atomic E-state index is 0.156. The molecular weight excluding hydrogens is 413 g/mol. The maximum absolute atomic E-state index is 11.2. The molecule has 0 radical (unpaired) electrons. The van der Waals surface area contributed by atoms with Gasteiger partial charge in [0.25, 0.3) is 5.69 Å². The molecule has 0 aromatic heterocycles. The number of nitro benzene ring substituents is 1. The van der Waals surface area contributed by atoms with Gasteiger partial charge < -0.3 is 30.1 Å². The van der Waals surface area contributed by atoms with E-state index in [1.54, 1.807) is 0 Å². The molecular formula is C12H14NO14P. The molecule has 15 nitrogen and oxygen atoms in total. The van der Waals surface area contributed by atoms with Crippen molar-refractivity contribution in [3.8, 4) is 5.75 Å². The van der Waals surface area contributed by atoms with Gasteiger partial charge in [0, 0.05) is 12.1 Å². The molecule has 3 unspecified atom stereocenters. The lowest BCUT2D eigenvalue weighted by Crippen LogP contribution is -2.39. The number of hydrogen-bond acceptors (Lipinski definition) is 10. The van der Waals surface area contributed by atoms with Crippen LogP contribution in [0.15, 0.2) is 24.3 Å². The summed E-state index contributed by atoms with van der Waals surface area (Å²) >= 11 is 0. The lowest BCUT2D eigenvalue weighted by atomic mass is 10.2. The molecule has 3 atom stereocenters. The first-order valence-electron chi connectivity index (χ1n) is 6.71. The molecule has 0 saturated heterocycles. The monoisotopic (exact) mass is 427 g/mol. The highest BCUT2D eigenvalue weighted by Gasteiger charge is 2.29. The van der Waals surface area contributed by atoms with Crippen molar-refractivity contribution in [2.24, 2.45) is 0 Å². The standard InChI is InChI=1S/C8H8NO8P.C4H6O6/c10-8(11)5-16-18(14,15)17-7-3-1-6(2-4-7)9(12)13;5-1(3(7)8)2(6)4(9)10/h1-4H,5H2,(H,10,11)(H,14,15);1-2,5-6H,(H,7,8)(H,9,10). The molecule has 156 valence electrons. The largest absolute Gasteiger partial charge is 0.527 e. The van der Waals surface area contributed by atoms with E-state index in [1.165, 1.54) is 0 Å². The maximum Gasteiger partial charge on any atom is 0.527 e. The van der Waals surface area contributed by atoms with Gasteiger partial charge in [0.15, 0.2) is 18.8 Å². The molecule has 0 saturated carbocycles. The van der Waals surface area contributed by atoms with E-state index >= 15 is 0 Å². The second kappa shape index (κ2) is 10.9. The van der Waals surface area contributed by atoms with Gasteiger partial charge in [0.1, 0.15) is 5.75 Å². The highest BCUT2D eigenvalue weighted by Crippen LogP contribution is 2.43. The number of carboxylic acid groups (broad SMARTS) is 3. The molecule has 0 fully saturated rings. The molecule has 1 rings (SSSR count). The summed E-state index contributed by atoms with van der Waals surface area (Å²) in [5.41, 5.74) is -0.221. The molecule has 0 spiro atoms. The number of carboxylic acids is 3. The van der Waals surface area contributed by atoms with Gasteiger partial charge in [-0.2, -0.15) is 0 Å². The fourth-order valence-corrected chi connectivity index (χ4v) is 1.91. The van der Waals surface area contributed by atoms with Crippen LogP contribution < -0.4 is 4.52 Å². The van der Waals surface area contributed by atoms with Crippen molar-refractivity contribution in [2.45, 2.75) is 12.2 Å². The van der Waals surface area contributed by atoms with Gasteiger partial charge in [-0.15, -0.1) is 0 Å². The van der Waals surface area contributed by atoms with Crippen LogP contribution in [0.25, 0.3) is 0 Å². The van der Waals surface area contributed by atoms with E-state index in [0.29, 0.717) is 0 Å². The molecule has 1 aromatic rings. The van der Waals surface area contributed by atoms with E-state index in [-0.39, 0.29) is 11.4 Å². The van der Waals surface area contributed by atoms with Crippen LogP contribution >= 0.6 is 7.82 Å². The van der Waals surface area contributed by atoms with Gasteiger partial charge >= 0.3 is 25.7 Å². The van der Waals surface area contributed by atoms with Gasteiger partial charge in [-0.05, 0) is 12.1 Å². The molecule has 16 heteroatoms. The van der Waals surface area contributed by atoms with Crippen molar-refractivity contribution in [2.75, 3.05) is 6.61 Å².